The molecule has 0 aromatic carbocycles. The van der Waals surface area contributed by atoms with Crippen LogP contribution in [-0.4, -0.2) is 37.5 Å². The molecule has 0 heterocycles. The minimum Gasteiger partial charge on any atom is -0.391 e. The Morgan fingerprint density at radius 1 is 1.31 bits per heavy atom. The zero-order chi connectivity index (χ0) is 12.0. The van der Waals surface area contributed by atoms with E-state index in [1.54, 1.807) is 7.11 Å². The average molecular weight is 229 g/mol. The summed E-state index contributed by atoms with van der Waals surface area (Å²) in [6.07, 6.45) is 4.49. The molecule has 0 spiro atoms. The Morgan fingerprint density at radius 3 is 2.50 bits per heavy atom. The summed E-state index contributed by atoms with van der Waals surface area (Å²) in [5.74, 6) is 1.53. The van der Waals surface area contributed by atoms with Crippen molar-refractivity contribution >= 4 is 0 Å². The SMILES string of the molecule is COCC(O)CCNC1C(C)CCCC1C. The lowest BCUT2D eigenvalue weighted by molar-refractivity contribution is 0.0574. The second kappa shape index (κ2) is 7.25. The van der Waals surface area contributed by atoms with E-state index in [-0.39, 0.29) is 6.10 Å². The fourth-order valence-corrected chi connectivity index (χ4v) is 2.78. The van der Waals surface area contributed by atoms with Crippen molar-refractivity contribution in [1.29, 1.82) is 0 Å². The van der Waals surface area contributed by atoms with Gasteiger partial charge in [-0.25, -0.2) is 0 Å². The summed E-state index contributed by atoms with van der Waals surface area (Å²) in [4.78, 5) is 0. The van der Waals surface area contributed by atoms with Crippen molar-refractivity contribution in [3.8, 4) is 0 Å². The third kappa shape index (κ3) is 4.40. The van der Waals surface area contributed by atoms with Gasteiger partial charge < -0.3 is 15.2 Å². The zero-order valence-electron chi connectivity index (χ0n) is 10.9. The van der Waals surface area contributed by atoms with Crippen molar-refractivity contribution in [2.45, 2.75) is 51.7 Å². The molecule has 0 saturated heterocycles. The molecular weight excluding hydrogens is 202 g/mol. The van der Waals surface area contributed by atoms with Gasteiger partial charge in [0.25, 0.3) is 0 Å². The summed E-state index contributed by atoms with van der Waals surface area (Å²) in [5, 5.41) is 13.1. The lowest BCUT2D eigenvalue weighted by Crippen LogP contribution is -2.43. The zero-order valence-corrected chi connectivity index (χ0v) is 10.9. The molecule has 2 N–H and O–H groups in total. The van der Waals surface area contributed by atoms with Crippen LogP contribution in [0, 0.1) is 11.8 Å². The van der Waals surface area contributed by atoms with Crippen LogP contribution in [0.25, 0.3) is 0 Å². The molecule has 0 radical (unpaired) electrons. The van der Waals surface area contributed by atoms with E-state index >= 15 is 0 Å². The Kier molecular flexibility index (Phi) is 6.32. The van der Waals surface area contributed by atoms with Crippen LogP contribution in [0.4, 0.5) is 0 Å². The van der Waals surface area contributed by atoms with Crippen LogP contribution in [0.3, 0.4) is 0 Å². The van der Waals surface area contributed by atoms with Crippen LogP contribution < -0.4 is 5.32 Å². The van der Waals surface area contributed by atoms with E-state index < -0.39 is 0 Å². The van der Waals surface area contributed by atoms with Crippen molar-refractivity contribution in [2.24, 2.45) is 11.8 Å². The highest BCUT2D eigenvalue weighted by atomic mass is 16.5. The molecule has 1 rings (SSSR count). The van der Waals surface area contributed by atoms with E-state index in [9.17, 15) is 5.11 Å². The lowest BCUT2D eigenvalue weighted by Gasteiger charge is -2.35. The number of nitrogens with one attached hydrogen (secondary N) is 1. The lowest BCUT2D eigenvalue weighted by atomic mass is 9.79. The van der Waals surface area contributed by atoms with E-state index in [1.165, 1.54) is 19.3 Å². The van der Waals surface area contributed by atoms with Gasteiger partial charge in [0.1, 0.15) is 0 Å². The molecule has 1 fully saturated rings. The highest BCUT2D eigenvalue weighted by Crippen LogP contribution is 2.28. The predicted molar refractivity (Wildman–Crippen MR) is 66.5 cm³/mol. The molecule has 96 valence electrons. The molecule has 0 aromatic heterocycles. The van der Waals surface area contributed by atoms with Gasteiger partial charge in [-0.05, 0) is 37.6 Å². The first-order chi connectivity index (χ1) is 7.65. The Labute approximate surface area is 99.6 Å². The predicted octanol–water partition coefficient (Wildman–Crippen LogP) is 1.80. The maximum atomic E-state index is 9.55. The van der Waals surface area contributed by atoms with E-state index in [0.29, 0.717) is 12.6 Å². The van der Waals surface area contributed by atoms with Crippen molar-refractivity contribution < 1.29 is 9.84 Å². The second-order valence-corrected chi connectivity index (χ2v) is 5.26. The second-order valence-electron chi connectivity index (χ2n) is 5.26. The normalized spacial score (nSPS) is 32.6. The van der Waals surface area contributed by atoms with Gasteiger partial charge in [0.05, 0.1) is 12.7 Å². The molecule has 1 saturated carbocycles. The summed E-state index contributed by atoms with van der Waals surface area (Å²) in [5.41, 5.74) is 0. The van der Waals surface area contributed by atoms with Crippen LogP contribution in [0.2, 0.25) is 0 Å². The molecule has 16 heavy (non-hydrogen) atoms. The van der Waals surface area contributed by atoms with Crippen molar-refractivity contribution in [2.75, 3.05) is 20.3 Å². The average Bonchev–Trinajstić information content (AvgIpc) is 2.23. The van der Waals surface area contributed by atoms with Gasteiger partial charge in [-0.15, -0.1) is 0 Å². The fourth-order valence-electron chi connectivity index (χ4n) is 2.78. The number of hydrogen-bond acceptors (Lipinski definition) is 3. The van der Waals surface area contributed by atoms with Crippen LogP contribution in [0.5, 0.6) is 0 Å². The molecule has 3 heteroatoms. The molecular formula is C13H27NO2. The standard InChI is InChI=1S/C13H27NO2/c1-10-5-4-6-11(2)13(10)14-8-7-12(15)9-16-3/h10-15H,4-9H2,1-3H3. The maximum absolute atomic E-state index is 9.55. The Hall–Kier alpha value is -0.120. The topological polar surface area (TPSA) is 41.5 Å². The largest absolute Gasteiger partial charge is 0.391 e. The van der Waals surface area contributed by atoms with Gasteiger partial charge in [-0.1, -0.05) is 20.3 Å². The van der Waals surface area contributed by atoms with E-state index in [1.807, 2.05) is 0 Å². The Balaban J connectivity index is 2.19. The van der Waals surface area contributed by atoms with E-state index in [0.717, 1.165) is 24.8 Å². The Bertz CT molecular complexity index is 177. The quantitative estimate of drug-likeness (QED) is 0.730. The molecule has 3 unspecified atom stereocenters. The fraction of sp³-hybridized carbons (Fsp3) is 1.00. The number of aliphatic hydroxyl groups excluding tert-OH is 1. The first-order valence-electron chi connectivity index (χ1n) is 6.55. The van der Waals surface area contributed by atoms with Gasteiger partial charge in [0.15, 0.2) is 0 Å². The third-order valence-corrected chi connectivity index (χ3v) is 3.76. The molecule has 3 nitrogen and oxygen atoms in total. The van der Waals surface area contributed by atoms with Crippen LogP contribution in [0.1, 0.15) is 39.5 Å². The molecule has 0 bridgehead atoms. The highest BCUT2D eigenvalue weighted by molar-refractivity contribution is 4.83. The third-order valence-electron chi connectivity index (χ3n) is 3.76. The summed E-state index contributed by atoms with van der Waals surface area (Å²) in [7, 11) is 1.63. The minimum absolute atomic E-state index is 0.327. The molecule has 1 aliphatic rings. The minimum atomic E-state index is -0.327. The van der Waals surface area contributed by atoms with Crippen molar-refractivity contribution in [1.82, 2.24) is 5.32 Å². The number of rotatable bonds is 6. The van der Waals surface area contributed by atoms with Crippen molar-refractivity contribution in [3.05, 3.63) is 0 Å². The molecule has 1 aliphatic carbocycles. The number of hydrogen-bond donors (Lipinski definition) is 2. The smallest absolute Gasteiger partial charge is 0.0785 e. The summed E-state index contributed by atoms with van der Waals surface area (Å²) >= 11 is 0. The highest BCUT2D eigenvalue weighted by Gasteiger charge is 2.26. The summed E-state index contributed by atoms with van der Waals surface area (Å²) in [6, 6.07) is 0.628. The van der Waals surface area contributed by atoms with E-state index in [4.69, 9.17) is 4.74 Å². The summed E-state index contributed by atoms with van der Waals surface area (Å²) < 4.78 is 4.91. The van der Waals surface area contributed by atoms with Gasteiger partial charge in [-0.3, -0.25) is 0 Å². The maximum Gasteiger partial charge on any atom is 0.0785 e. The molecule has 3 atom stereocenters. The van der Waals surface area contributed by atoms with Gasteiger partial charge >= 0.3 is 0 Å². The van der Waals surface area contributed by atoms with E-state index in [2.05, 4.69) is 19.2 Å². The van der Waals surface area contributed by atoms with Gasteiger partial charge in [0.2, 0.25) is 0 Å². The molecule has 0 aromatic rings. The van der Waals surface area contributed by atoms with Gasteiger partial charge in [-0.2, -0.15) is 0 Å². The van der Waals surface area contributed by atoms with Crippen LogP contribution >= 0.6 is 0 Å². The monoisotopic (exact) mass is 229 g/mol. The van der Waals surface area contributed by atoms with Crippen LogP contribution in [0.15, 0.2) is 0 Å². The number of ether oxygens (including phenoxy) is 1. The van der Waals surface area contributed by atoms with Gasteiger partial charge in [0, 0.05) is 13.2 Å². The van der Waals surface area contributed by atoms with Crippen molar-refractivity contribution in [3.63, 3.8) is 0 Å². The number of methoxy groups -OCH3 is 1. The number of aliphatic hydroxyl groups is 1. The molecule has 0 aliphatic heterocycles. The first-order valence-corrected chi connectivity index (χ1v) is 6.55. The Morgan fingerprint density at radius 2 is 1.94 bits per heavy atom. The first kappa shape index (κ1) is 13.9. The summed E-state index contributed by atoms with van der Waals surface area (Å²) in [6.45, 7) is 6.00. The van der Waals surface area contributed by atoms with Crippen LogP contribution in [-0.2, 0) is 4.74 Å². The molecule has 0 amide bonds.